The predicted octanol–water partition coefficient (Wildman–Crippen LogP) is 1.09. The number of ketones is 1. The number of nitrogens with zero attached hydrogens (tertiary/aromatic N) is 2. The van der Waals surface area contributed by atoms with E-state index in [9.17, 15) is 9.59 Å². The Morgan fingerprint density at radius 2 is 2.26 bits per heavy atom. The fourth-order valence-corrected chi connectivity index (χ4v) is 2.36. The van der Waals surface area contributed by atoms with Crippen LogP contribution >= 0.6 is 15.9 Å². The van der Waals surface area contributed by atoms with Crippen molar-refractivity contribution in [2.24, 2.45) is 0 Å². The summed E-state index contributed by atoms with van der Waals surface area (Å²) >= 11 is 3.08. The maximum atomic E-state index is 12.3. The minimum absolute atomic E-state index is 0.00843. The molecule has 0 spiro atoms. The summed E-state index contributed by atoms with van der Waals surface area (Å²) in [7, 11) is 1.36. The number of rotatable bonds is 3. The van der Waals surface area contributed by atoms with Crippen molar-refractivity contribution >= 4 is 21.7 Å². The van der Waals surface area contributed by atoms with Crippen LogP contribution in [0.1, 0.15) is 30.2 Å². The first-order chi connectivity index (χ1) is 8.92. The molecule has 0 bridgehead atoms. The Kier molecular flexibility index (Phi) is 3.78. The number of carbonyl (C=O) groups is 1. The maximum absolute atomic E-state index is 12.3. The second kappa shape index (κ2) is 5.05. The van der Waals surface area contributed by atoms with Crippen LogP contribution in [0.2, 0.25) is 0 Å². The third-order valence-electron chi connectivity index (χ3n) is 3.03. The Morgan fingerprint density at radius 1 is 1.58 bits per heavy atom. The average molecular weight is 331 g/mol. The quantitative estimate of drug-likeness (QED) is 0.613. The highest BCUT2D eigenvalue weighted by atomic mass is 79.9. The molecule has 2 rings (SSSR count). The summed E-state index contributed by atoms with van der Waals surface area (Å²) in [5.74, 6) is 0.151. The van der Waals surface area contributed by atoms with Gasteiger partial charge in [-0.2, -0.15) is 0 Å². The molecule has 0 unspecified atom stereocenters. The normalized spacial score (nSPS) is 16.8. The van der Waals surface area contributed by atoms with Gasteiger partial charge in [0.1, 0.15) is 11.4 Å². The van der Waals surface area contributed by atoms with E-state index in [0.717, 1.165) is 0 Å². The molecular weight excluding hydrogens is 316 g/mol. The molecule has 1 aromatic rings. The van der Waals surface area contributed by atoms with Gasteiger partial charge in [-0.3, -0.25) is 14.2 Å². The number of alkyl halides is 1. The second-order valence-corrected chi connectivity index (χ2v) is 5.25. The van der Waals surface area contributed by atoms with Gasteiger partial charge in [-0.15, -0.1) is 0 Å². The molecule has 2 heterocycles. The monoisotopic (exact) mass is 330 g/mol. The third kappa shape index (κ3) is 2.32. The van der Waals surface area contributed by atoms with Gasteiger partial charge in [0.25, 0.3) is 5.56 Å². The minimum atomic E-state index is -0.703. The molecule has 1 aliphatic rings. The van der Waals surface area contributed by atoms with Crippen molar-refractivity contribution in [2.75, 3.05) is 19.0 Å². The first-order valence-corrected chi connectivity index (χ1v) is 6.97. The van der Waals surface area contributed by atoms with E-state index in [1.54, 1.807) is 0 Å². The van der Waals surface area contributed by atoms with Crippen molar-refractivity contribution < 1.29 is 14.3 Å². The van der Waals surface area contributed by atoms with Crippen LogP contribution in [-0.2, 0) is 16.9 Å². The van der Waals surface area contributed by atoms with Gasteiger partial charge < -0.3 is 9.47 Å². The molecular formula is C12H15BrN2O4. The van der Waals surface area contributed by atoms with Crippen molar-refractivity contribution in [2.45, 2.75) is 26.0 Å². The van der Waals surface area contributed by atoms with E-state index in [1.165, 1.54) is 11.7 Å². The van der Waals surface area contributed by atoms with Crippen molar-refractivity contribution in [1.29, 1.82) is 0 Å². The SMILES string of the molecule is COc1c(C(=O)CBr)nc2n(c1=O)CCOC2(C)C. The van der Waals surface area contributed by atoms with Crippen molar-refractivity contribution in [3.8, 4) is 5.75 Å². The zero-order chi connectivity index (χ0) is 14.2. The zero-order valence-corrected chi connectivity index (χ0v) is 12.6. The van der Waals surface area contributed by atoms with Gasteiger partial charge in [0, 0.05) is 0 Å². The molecule has 0 fully saturated rings. The van der Waals surface area contributed by atoms with E-state index in [0.29, 0.717) is 19.0 Å². The van der Waals surface area contributed by atoms with Gasteiger partial charge in [-0.25, -0.2) is 4.98 Å². The van der Waals surface area contributed by atoms with E-state index < -0.39 is 5.60 Å². The van der Waals surface area contributed by atoms with Gasteiger partial charge >= 0.3 is 0 Å². The topological polar surface area (TPSA) is 70.4 Å². The fraction of sp³-hybridized carbons (Fsp3) is 0.583. The molecule has 6 nitrogen and oxygen atoms in total. The van der Waals surface area contributed by atoms with Crippen LogP contribution in [0.15, 0.2) is 4.79 Å². The van der Waals surface area contributed by atoms with E-state index in [-0.39, 0.29) is 28.1 Å². The van der Waals surface area contributed by atoms with Crippen molar-refractivity contribution in [3.05, 3.63) is 21.9 Å². The number of Topliss-reactive ketones (excluding diaryl/α,β-unsaturated/α-hetero) is 1. The van der Waals surface area contributed by atoms with Crippen LogP contribution in [0.25, 0.3) is 0 Å². The Morgan fingerprint density at radius 3 is 2.84 bits per heavy atom. The molecule has 0 saturated heterocycles. The molecule has 0 atom stereocenters. The molecule has 0 radical (unpaired) electrons. The number of methoxy groups -OCH3 is 1. The number of aromatic nitrogens is 2. The van der Waals surface area contributed by atoms with E-state index in [2.05, 4.69) is 20.9 Å². The molecule has 7 heteroatoms. The van der Waals surface area contributed by atoms with Crippen LogP contribution < -0.4 is 10.3 Å². The lowest BCUT2D eigenvalue weighted by atomic mass is 10.1. The molecule has 0 amide bonds. The predicted molar refractivity (Wildman–Crippen MR) is 72.2 cm³/mol. The largest absolute Gasteiger partial charge is 0.489 e. The molecule has 0 saturated carbocycles. The fourth-order valence-electron chi connectivity index (χ4n) is 2.10. The highest BCUT2D eigenvalue weighted by Gasteiger charge is 2.34. The van der Waals surface area contributed by atoms with Crippen LogP contribution in [0.5, 0.6) is 5.75 Å². The number of carbonyl (C=O) groups excluding carboxylic acids is 1. The van der Waals surface area contributed by atoms with Gasteiger partial charge in [0.2, 0.25) is 5.75 Å². The van der Waals surface area contributed by atoms with Gasteiger partial charge in [0.05, 0.1) is 25.6 Å². The van der Waals surface area contributed by atoms with E-state index >= 15 is 0 Å². The maximum Gasteiger partial charge on any atom is 0.296 e. The minimum Gasteiger partial charge on any atom is -0.489 e. The first-order valence-electron chi connectivity index (χ1n) is 5.84. The Labute approximate surface area is 118 Å². The molecule has 0 N–H and O–H groups in total. The van der Waals surface area contributed by atoms with Crippen LogP contribution in [0.4, 0.5) is 0 Å². The highest BCUT2D eigenvalue weighted by molar-refractivity contribution is 9.09. The third-order valence-corrected chi connectivity index (χ3v) is 3.54. The Bertz CT molecular complexity index is 580. The summed E-state index contributed by atoms with van der Waals surface area (Å²) in [6.07, 6.45) is 0. The number of halogens is 1. The van der Waals surface area contributed by atoms with Gasteiger partial charge in [-0.1, -0.05) is 15.9 Å². The molecule has 19 heavy (non-hydrogen) atoms. The van der Waals surface area contributed by atoms with E-state index in [4.69, 9.17) is 9.47 Å². The zero-order valence-electron chi connectivity index (χ0n) is 11.0. The highest BCUT2D eigenvalue weighted by Crippen LogP contribution is 2.27. The van der Waals surface area contributed by atoms with Crippen LogP contribution in [0.3, 0.4) is 0 Å². The summed E-state index contributed by atoms with van der Waals surface area (Å²) in [6, 6.07) is 0. The van der Waals surface area contributed by atoms with Gasteiger partial charge in [-0.05, 0) is 13.8 Å². The molecule has 0 aliphatic carbocycles. The number of ether oxygens (including phenoxy) is 2. The second-order valence-electron chi connectivity index (χ2n) is 4.69. The lowest BCUT2D eigenvalue weighted by molar-refractivity contribution is -0.0566. The number of hydrogen-bond donors (Lipinski definition) is 0. The smallest absolute Gasteiger partial charge is 0.296 e. The first kappa shape index (κ1) is 14.2. The molecule has 104 valence electrons. The molecule has 1 aromatic heterocycles. The van der Waals surface area contributed by atoms with Crippen molar-refractivity contribution in [1.82, 2.24) is 9.55 Å². The summed E-state index contributed by atoms with van der Waals surface area (Å²) in [6.45, 7) is 4.47. The molecule has 0 aromatic carbocycles. The Hall–Kier alpha value is -1.21. The lowest BCUT2D eigenvalue weighted by Crippen LogP contribution is -2.42. The summed E-state index contributed by atoms with van der Waals surface area (Å²) in [5, 5.41) is 0.0839. The summed E-state index contributed by atoms with van der Waals surface area (Å²) in [4.78, 5) is 28.5. The lowest BCUT2D eigenvalue weighted by Gasteiger charge is -2.32. The van der Waals surface area contributed by atoms with Crippen molar-refractivity contribution in [3.63, 3.8) is 0 Å². The molecule has 1 aliphatic heterocycles. The average Bonchev–Trinajstić information content (AvgIpc) is 2.38. The Balaban J connectivity index is 2.75. The van der Waals surface area contributed by atoms with Gasteiger partial charge in [0.15, 0.2) is 11.5 Å². The number of fused-ring (bicyclic) bond motifs is 1. The van der Waals surface area contributed by atoms with E-state index in [1.807, 2.05) is 13.8 Å². The number of hydrogen-bond acceptors (Lipinski definition) is 5. The summed E-state index contributed by atoms with van der Waals surface area (Å²) in [5.41, 5.74) is -0.993. The van der Waals surface area contributed by atoms with Crippen LogP contribution in [0, 0.1) is 0 Å². The summed E-state index contributed by atoms with van der Waals surface area (Å²) < 4.78 is 12.2. The standard InChI is InChI=1S/C12H15BrN2O4/c1-12(2)11-14-8(7(16)6-13)9(18-3)10(17)15(11)4-5-19-12/h4-6H2,1-3H3. The van der Waals surface area contributed by atoms with Crippen LogP contribution in [-0.4, -0.2) is 34.4 Å².